The van der Waals surface area contributed by atoms with Crippen molar-refractivity contribution in [2.24, 2.45) is 5.73 Å². The fraction of sp³-hybridized carbons (Fsp3) is 0.462. The van der Waals surface area contributed by atoms with Crippen molar-refractivity contribution in [3.05, 3.63) is 38.8 Å². The summed E-state index contributed by atoms with van der Waals surface area (Å²) >= 11 is 7.53. The highest BCUT2D eigenvalue weighted by molar-refractivity contribution is 7.16. The minimum Gasteiger partial charge on any atom is -0.322 e. The molecule has 0 radical (unpaired) electrons. The molecule has 2 heterocycles. The molecule has 0 aliphatic carbocycles. The second-order valence-corrected chi connectivity index (χ2v) is 6.05. The Morgan fingerprint density at radius 2 is 2.22 bits per heavy atom. The van der Waals surface area contributed by atoms with Crippen LogP contribution >= 0.6 is 22.9 Å². The smallest absolute Gasteiger partial charge is 0.0931 e. The van der Waals surface area contributed by atoms with Crippen molar-refractivity contribution in [2.75, 3.05) is 0 Å². The molecule has 0 saturated heterocycles. The van der Waals surface area contributed by atoms with Gasteiger partial charge in [-0.1, -0.05) is 18.5 Å². The number of rotatable bonds is 5. The summed E-state index contributed by atoms with van der Waals surface area (Å²) < 4.78 is 2.81. The summed E-state index contributed by atoms with van der Waals surface area (Å²) in [5, 5.41) is 4.53. The van der Waals surface area contributed by atoms with Gasteiger partial charge in [-0.25, -0.2) is 0 Å². The van der Waals surface area contributed by atoms with Gasteiger partial charge in [-0.3, -0.25) is 4.68 Å². The average Bonchev–Trinajstić information content (AvgIpc) is 2.95. The second-order valence-electron chi connectivity index (χ2n) is 4.25. The standard InChI is InChI=1S/C13H18ClN3S/c1-3-9-7-12(17(4-2)16-9)11(15)8-10-5-6-13(14)18-10/h5-7,11H,3-4,8,15H2,1-2H3. The lowest BCUT2D eigenvalue weighted by Gasteiger charge is -2.12. The van der Waals surface area contributed by atoms with Crippen LogP contribution in [0, 0.1) is 0 Å². The van der Waals surface area contributed by atoms with E-state index in [0.29, 0.717) is 0 Å². The van der Waals surface area contributed by atoms with Crippen LogP contribution in [-0.2, 0) is 19.4 Å². The monoisotopic (exact) mass is 283 g/mol. The van der Waals surface area contributed by atoms with Crippen LogP contribution in [0.5, 0.6) is 0 Å². The number of hydrogen-bond acceptors (Lipinski definition) is 3. The number of nitrogens with two attached hydrogens (primary N) is 1. The van der Waals surface area contributed by atoms with Crippen molar-refractivity contribution >= 4 is 22.9 Å². The molecule has 0 saturated carbocycles. The summed E-state index contributed by atoms with van der Waals surface area (Å²) in [6.45, 7) is 5.05. The minimum absolute atomic E-state index is 0.0209. The quantitative estimate of drug-likeness (QED) is 0.914. The van der Waals surface area contributed by atoms with Crippen LogP contribution in [-0.4, -0.2) is 9.78 Å². The van der Waals surface area contributed by atoms with Crippen molar-refractivity contribution in [1.29, 1.82) is 0 Å². The van der Waals surface area contributed by atoms with E-state index < -0.39 is 0 Å². The van der Waals surface area contributed by atoms with Gasteiger partial charge in [-0.15, -0.1) is 11.3 Å². The first kappa shape index (κ1) is 13.6. The molecule has 2 rings (SSSR count). The zero-order chi connectivity index (χ0) is 13.1. The first-order valence-corrected chi connectivity index (χ1v) is 7.39. The summed E-state index contributed by atoms with van der Waals surface area (Å²) in [4.78, 5) is 1.22. The summed E-state index contributed by atoms with van der Waals surface area (Å²) in [5.41, 5.74) is 8.50. The lowest BCUT2D eigenvalue weighted by molar-refractivity contribution is 0.567. The molecule has 0 aliphatic heterocycles. The van der Waals surface area contributed by atoms with Gasteiger partial charge in [-0.05, 0) is 31.5 Å². The van der Waals surface area contributed by atoms with E-state index in [1.807, 2.05) is 16.8 Å². The Labute approximate surface area is 117 Å². The summed E-state index contributed by atoms with van der Waals surface area (Å²) in [5.74, 6) is 0. The van der Waals surface area contributed by atoms with E-state index in [2.05, 4.69) is 25.0 Å². The fourth-order valence-electron chi connectivity index (χ4n) is 1.99. The lowest BCUT2D eigenvalue weighted by atomic mass is 10.1. The molecule has 0 spiro atoms. The zero-order valence-corrected chi connectivity index (χ0v) is 12.3. The number of aryl methyl sites for hydroxylation is 2. The Morgan fingerprint density at radius 3 is 2.78 bits per heavy atom. The Morgan fingerprint density at radius 1 is 1.44 bits per heavy atom. The van der Waals surface area contributed by atoms with Gasteiger partial charge in [0, 0.05) is 17.8 Å². The van der Waals surface area contributed by atoms with Crippen LogP contribution in [0.1, 0.15) is 36.2 Å². The van der Waals surface area contributed by atoms with Crippen LogP contribution in [0.25, 0.3) is 0 Å². The van der Waals surface area contributed by atoms with Crippen LogP contribution in [0.2, 0.25) is 4.34 Å². The third-order valence-electron chi connectivity index (χ3n) is 2.95. The van der Waals surface area contributed by atoms with E-state index in [-0.39, 0.29) is 6.04 Å². The van der Waals surface area contributed by atoms with Crippen molar-refractivity contribution < 1.29 is 0 Å². The number of halogens is 1. The second kappa shape index (κ2) is 5.87. The first-order valence-electron chi connectivity index (χ1n) is 6.20. The zero-order valence-electron chi connectivity index (χ0n) is 10.7. The van der Waals surface area contributed by atoms with E-state index in [1.54, 1.807) is 11.3 Å². The Bertz CT molecular complexity index is 518. The topological polar surface area (TPSA) is 43.8 Å². The average molecular weight is 284 g/mol. The highest BCUT2D eigenvalue weighted by Gasteiger charge is 2.15. The Kier molecular flexibility index (Phi) is 4.43. The molecule has 5 heteroatoms. The molecule has 0 aliphatic rings. The van der Waals surface area contributed by atoms with Gasteiger partial charge < -0.3 is 5.73 Å². The van der Waals surface area contributed by atoms with Crippen molar-refractivity contribution in [3.63, 3.8) is 0 Å². The van der Waals surface area contributed by atoms with Crippen molar-refractivity contribution in [2.45, 2.75) is 39.3 Å². The number of thiophene rings is 1. The minimum atomic E-state index is -0.0209. The van der Waals surface area contributed by atoms with E-state index in [9.17, 15) is 0 Å². The normalized spacial score (nSPS) is 12.9. The van der Waals surface area contributed by atoms with Crippen LogP contribution in [0.15, 0.2) is 18.2 Å². The molecule has 0 bridgehead atoms. The van der Waals surface area contributed by atoms with E-state index in [0.717, 1.165) is 35.1 Å². The summed E-state index contributed by atoms with van der Waals surface area (Å²) in [6.07, 6.45) is 1.75. The highest BCUT2D eigenvalue weighted by Crippen LogP contribution is 2.26. The maximum atomic E-state index is 6.28. The van der Waals surface area contributed by atoms with Gasteiger partial charge in [0.15, 0.2) is 0 Å². The van der Waals surface area contributed by atoms with Gasteiger partial charge in [-0.2, -0.15) is 5.10 Å². The van der Waals surface area contributed by atoms with Crippen LogP contribution < -0.4 is 5.73 Å². The fourth-order valence-corrected chi connectivity index (χ4v) is 3.14. The summed E-state index contributed by atoms with van der Waals surface area (Å²) in [7, 11) is 0. The highest BCUT2D eigenvalue weighted by atomic mass is 35.5. The molecular formula is C13H18ClN3S. The maximum Gasteiger partial charge on any atom is 0.0931 e. The molecule has 18 heavy (non-hydrogen) atoms. The maximum absolute atomic E-state index is 6.28. The SMILES string of the molecule is CCc1cc(C(N)Cc2ccc(Cl)s2)n(CC)n1. The third kappa shape index (κ3) is 2.94. The van der Waals surface area contributed by atoms with E-state index in [4.69, 9.17) is 17.3 Å². The Balaban J connectivity index is 2.17. The van der Waals surface area contributed by atoms with Crippen molar-refractivity contribution in [3.8, 4) is 0 Å². The van der Waals surface area contributed by atoms with Gasteiger partial charge in [0.2, 0.25) is 0 Å². The molecule has 0 fully saturated rings. The molecule has 2 aromatic heterocycles. The predicted molar refractivity (Wildman–Crippen MR) is 77.2 cm³/mol. The molecule has 0 aromatic carbocycles. The summed E-state index contributed by atoms with van der Waals surface area (Å²) in [6, 6.07) is 6.06. The van der Waals surface area contributed by atoms with Crippen LogP contribution in [0.4, 0.5) is 0 Å². The van der Waals surface area contributed by atoms with Gasteiger partial charge in [0.1, 0.15) is 0 Å². The predicted octanol–water partition coefficient (Wildman–Crippen LogP) is 3.42. The van der Waals surface area contributed by atoms with Crippen LogP contribution in [0.3, 0.4) is 0 Å². The third-order valence-corrected chi connectivity index (χ3v) is 4.21. The molecular weight excluding hydrogens is 266 g/mol. The molecule has 2 aromatic rings. The molecule has 0 amide bonds. The van der Waals surface area contributed by atoms with Crippen molar-refractivity contribution in [1.82, 2.24) is 9.78 Å². The largest absolute Gasteiger partial charge is 0.322 e. The Hall–Kier alpha value is -0.840. The van der Waals surface area contributed by atoms with E-state index >= 15 is 0 Å². The number of hydrogen-bond donors (Lipinski definition) is 1. The van der Waals surface area contributed by atoms with E-state index in [1.165, 1.54) is 4.88 Å². The molecule has 2 N–H and O–H groups in total. The number of aromatic nitrogens is 2. The number of nitrogens with zero attached hydrogens (tertiary/aromatic N) is 2. The molecule has 1 unspecified atom stereocenters. The van der Waals surface area contributed by atoms with Gasteiger partial charge in [0.25, 0.3) is 0 Å². The lowest BCUT2D eigenvalue weighted by Crippen LogP contribution is -2.17. The van der Waals surface area contributed by atoms with Gasteiger partial charge >= 0.3 is 0 Å². The molecule has 98 valence electrons. The first-order chi connectivity index (χ1) is 8.63. The van der Waals surface area contributed by atoms with Gasteiger partial charge in [0.05, 0.1) is 21.8 Å². The molecule has 3 nitrogen and oxygen atoms in total. The molecule has 1 atom stereocenters.